The number of rotatable bonds is 3. The van der Waals surface area contributed by atoms with Gasteiger partial charge in [0.2, 0.25) is 0 Å². The molecule has 122 valence electrons. The number of hydrogen-bond donors (Lipinski definition) is 1. The van der Waals surface area contributed by atoms with Crippen LogP contribution in [0.4, 0.5) is 13.6 Å². The van der Waals surface area contributed by atoms with E-state index in [1.54, 1.807) is 12.3 Å². The van der Waals surface area contributed by atoms with E-state index in [2.05, 4.69) is 10.3 Å². The van der Waals surface area contributed by atoms with Crippen LogP contribution in [-0.2, 0) is 6.54 Å². The van der Waals surface area contributed by atoms with E-state index in [1.165, 1.54) is 21.7 Å². The Bertz CT molecular complexity index is 738. The third-order valence-corrected chi connectivity index (χ3v) is 4.09. The molecule has 0 spiro atoms. The molecule has 1 fully saturated rings. The van der Waals surface area contributed by atoms with Crippen LogP contribution in [0.2, 0.25) is 5.02 Å². The van der Waals surface area contributed by atoms with Crippen molar-refractivity contribution >= 4 is 17.6 Å². The molecule has 2 aromatic rings. The van der Waals surface area contributed by atoms with E-state index in [-0.39, 0.29) is 30.6 Å². The fourth-order valence-corrected chi connectivity index (χ4v) is 2.87. The number of likely N-dealkylation sites (tertiary alicyclic amines) is 1. The molecule has 1 aromatic heterocycles. The number of carbonyl (C=O) groups is 1. The summed E-state index contributed by atoms with van der Waals surface area (Å²) in [5.41, 5.74) is 6.38. The van der Waals surface area contributed by atoms with Crippen LogP contribution in [-0.4, -0.2) is 44.7 Å². The van der Waals surface area contributed by atoms with Crippen molar-refractivity contribution in [3.8, 4) is 11.3 Å². The van der Waals surface area contributed by atoms with E-state index < -0.39 is 18.0 Å². The molecule has 1 aromatic carbocycles. The van der Waals surface area contributed by atoms with Gasteiger partial charge in [0.15, 0.2) is 0 Å². The van der Waals surface area contributed by atoms with E-state index in [9.17, 15) is 13.6 Å². The number of nitrogens with two attached hydrogens (primary N) is 1. The molecule has 1 aliphatic rings. The third kappa shape index (κ3) is 3.26. The number of benzene rings is 1. The molecule has 3 rings (SSSR count). The Morgan fingerprint density at radius 1 is 1.48 bits per heavy atom. The van der Waals surface area contributed by atoms with Crippen molar-refractivity contribution in [1.29, 1.82) is 0 Å². The molecule has 23 heavy (non-hydrogen) atoms. The van der Waals surface area contributed by atoms with Gasteiger partial charge in [0.1, 0.15) is 17.7 Å². The van der Waals surface area contributed by atoms with Gasteiger partial charge in [0.25, 0.3) is 0 Å². The molecule has 0 aliphatic carbocycles. The zero-order chi connectivity index (χ0) is 16.6. The van der Waals surface area contributed by atoms with Crippen molar-refractivity contribution in [3.05, 3.63) is 35.2 Å². The summed E-state index contributed by atoms with van der Waals surface area (Å²) in [6.07, 6.45) is 0.751. The number of carbonyl (C=O) groups excluding carboxylic acids is 1. The van der Waals surface area contributed by atoms with Crippen LogP contribution in [0.3, 0.4) is 0 Å². The van der Waals surface area contributed by atoms with E-state index in [0.29, 0.717) is 11.3 Å². The molecular weight excluding hydrogens is 328 g/mol. The second-order valence-electron chi connectivity index (χ2n) is 5.43. The number of hydrogen-bond acceptors (Lipinski definition) is 3. The summed E-state index contributed by atoms with van der Waals surface area (Å²) in [5.74, 6) is -0.514. The van der Waals surface area contributed by atoms with Crippen molar-refractivity contribution in [3.63, 3.8) is 0 Å². The van der Waals surface area contributed by atoms with Crippen LogP contribution >= 0.6 is 11.6 Å². The molecular formula is C14H14ClF2N5O. The van der Waals surface area contributed by atoms with Crippen LogP contribution in [0.5, 0.6) is 0 Å². The lowest BCUT2D eigenvalue weighted by atomic mass is 10.1. The van der Waals surface area contributed by atoms with Crippen molar-refractivity contribution in [1.82, 2.24) is 19.9 Å². The molecule has 0 radical (unpaired) electrons. The second-order valence-corrected chi connectivity index (χ2v) is 5.84. The average molecular weight is 342 g/mol. The van der Waals surface area contributed by atoms with Crippen molar-refractivity contribution in [2.24, 2.45) is 5.73 Å². The molecule has 1 saturated heterocycles. The SMILES string of the molecule is NC(=O)N1C[C@H](F)C[C@H]1Cn1cc(-c2ccc(F)c(Cl)c2)nn1. The predicted molar refractivity (Wildman–Crippen MR) is 80.0 cm³/mol. The van der Waals surface area contributed by atoms with Gasteiger partial charge in [-0.05, 0) is 18.2 Å². The Labute approximate surface area is 135 Å². The maximum Gasteiger partial charge on any atom is 0.315 e. The smallest absolute Gasteiger partial charge is 0.315 e. The first-order chi connectivity index (χ1) is 10.9. The number of aromatic nitrogens is 3. The molecule has 0 saturated carbocycles. The number of alkyl halides is 1. The topological polar surface area (TPSA) is 77.0 Å². The van der Waals surface area contributed by atoms with Gasteiger partial charge in [-0.1, -0.05) is 16.8 Å². The summed E-state index contributed by atoms with van der Waals surface area (Å²) in [4.78, 5) is 12.6. The Morgan fingerprint density at radius 3 is 2.96 bits per heavy atom. The minimum Gasteiger partial charge on any atom is -0.351 e. The standard InChI is InChI=1S/C14H14ClF2N5O/c15-11-3-8(1-2-12(11)17)13-7-21(20-19-13)6-10-4-9(16)5-22(10)14(18)23/h1-3,7,9-10H,4-6H2,(H2,18,23)/t9-,10+/m1/s1. The lowest BCUT2D eigenvalue weighted by Crippen LogP contribution is -2.41. The maximum absolute atomic E-state index is 13.5. The van der Waals surface area contributed by atoms with E-state index in [0.717, 1.165) is 0 Å². The Kier molecular flexibility index (Phi) is 4.16. The fraction of sp³-hybridized carbons (Fsp3) is 0.357. The van der Waals surface area contributed by atoms with Crippen LogP contribution in [0, 0.1) is 5.82 Å². The second kappa shape index (κ2) is 6.11. The van der Waals surface area contributed by atoms with Crippen LogP contribution in [0.1, 0.15) is 6.42 Å². The molecule has 2 heterocycles. The summed E-state index contributed by atoms with van der Waals surface area (Å²) in [6, 6.07) is 3.22. The molecule has 2 N–H and O–H groups in total. The first-order valence-corrected chi connectivity index (χ1v) is 7.37. The summed E-state index contributed by atoms with van der Waals surface area (Å²) in [5, 5.41) is 7.94. The van der Waals surface area contributed by atoms with Crippen molar-refractivity contribution in [2.75, 3.05) is 6.54 Å². The average Bonchev–Trinajstić information content (AvgIpc) is 3.09. The van der Waals surface area contributed by atoms with E-state index >= 15 is 0 Å². The van der Waals surface area contributed by atoms with E-state index in [4.69, 9.17) is 17.3 Å². The highest BCUT2D eigenvalue weighted by Crippen LogP contribution is 2.24. The first kappa shape index (κ1) is 15.7. The van der Waals surface area contributed by atoms with Crippen molar-refractivity contribution < 1.29 is 13.6 Å². The monoisotopic (exact) mass is 341 g/mol. The third-order valence-electron chi connectivity index (χ3n) is 3.80. The van der Waals surface area contributed by atoms with Gasteiger partial charge in [-0.2, -0.15) is 0 Å². The van der Waals surface area contributed by atoms with Crippen LogP contribution < -0.4 is 5.73 Å². The van der Waals surface area contributed by atoms with E-state index in [1.807, 2.05) is 0 Å². The molecule has 0 unspecified atom stereocenters. The number of nitrogens with zero attached hydrogens (tertiary/aromatic N) is 4. The summed E-state index contributed by atoms with van der Waals surface area (Å²) in [7, 11) is 0. The lowest BCUT2D eigenvalue weighted by Gasteiger charge is -2.21. The first-order valence-electron chi connectivity index (χ1n) is 6.99. The van der Waals surface area contributed by atoms with Crippen molar-refractivity contribution in [2.45, 2.75) is 25.2 Å². The molecule has 9 heteroatoms. The highest BCUT2D eigenvalue weighted by atomic mass is 35.5. The number of primary amides is 1. The van der Waals surface area contributed by atoms with Crippen LogP contribution in [0.15, 0.2) is 24.4 Å². The van der Waals surface area contributed by atoms with Gasteiger partial charge in [0, 0.05) is 12.0 Å². The maximum atomic E-state index is 13.5. The quantitative estimate of drug-likeness (QED) is 0.930. The van der Waals surface area contributed by atoms with Gasteiger partial charge in [-0.15, -0.1) is 5.10 Å². The molecule has 0 bridgehead atoms. The Hall–Kier alpha value is -2.22. The summed E-state index contributed by atoms with van der Waals surface area (Å²) >= 11 is 5.75. The van der Waals surface area contributed by atoms with Gasteiger partial charge < -0.3 is 10.6 Å². The van der Waals surface area contributed by atoms with Gasteiger partial charge >= 0.3 is 6.03 Å². The summed E-state index contributed by atoms with van der Waals surface area (Å²) < 4.78 is 28.2. The lowest BCUT2D eigenvalue weighted by molar-refractivity contribution is 0.193. The molecule has 1 aliphatic heterocycles. The number of urea groups is 1. The predicted octanol–water partition coefficient (Wildman–Crippen LogP) is 2.23. The fourth-order valence-electron chi connectivity index (χ4n) is 2.69. The molecule has 2 atom stereocenters. The Balaban J connectivity index is 1.77. The number of amides is 2. The van der Waals surface area contributed by atoms with Gasteiger partial charge in [0.05, 0.1) is 30.4 Å². The zero-order valence-corrected chi connectivity index (χ0v) is 12.7. The normalized spacial score (nSPS) is 20.9. The largest absolute Gasteiger partial charge is 0.351 e. The minimum atomic E-state index is -1.09. The molecule has 2 amide bonds. The van der Waals surface area contributed by atoms with Crippen LogP contribution in [0.25, 0.3) is 11.3 Å². The molecule has 6 nitrogen and oxygen atoms in total. The minimum absolute atomic E-state index is 0.00484. The summed E-state index contributed by atoms with van der Waals surface area (Å²) in [6.45, 7) is 0.278. The zero-order valence-electron chi connectivity index (χ0n) is 12.0. The highest BCUT2D eigenvalue weighted by Gasteiger charge is 2.34. The van der Waals surface area contributed by atoms with Gasteiger partial charge in [-0.3, -0.25) is 0 Å². The Morgan fingerprint density at radius 2 is 2.26 bits per heavy atom. The highest BCUT2D eigenvalue weighted by molar-refractivity contribution is 6.31. The van der Waals surface area contributed by atoms with Gasteiger partial charge in [-0.25, -0.2) is 18.3 Å². The number of halogens is 3.